The van der Waals surface area contributed by atoms with Crippen LogP contribution in [-0.4, -0.2) is 30.8 Å². The quantitative estimate of drug-likeness (QED) is 0.643. The maximum Gasteiger partial charge on any atom is 0.224 e. The first kappa shape index (κ1) is 14.2. The van der Waals surface area contributed by atoms with Crippen LogP contribution in [0.1, 0.15) is 26.7 Å². The molecule has 0 aliphatic carbocycles. The van der Waals surface area contributed by atoms with Crippen LogP contribution in [0.2, 0.25) is 0 Å². The zero-order valence-electron chi connectivity index (χ0n) is 9.31. The summed E-state index contributed by atoms with van der Waals surface area (Å²) < 4.78 is 0. The molecule has 0 spiro atoms. The Bertz CT molecular complexity index is 210. The van der Waals surface area contributed by atoms with E-state index in [0.29, 0.717) is 25.4 Å². The van der Waals surface area contributed by atoms with E-state index < -0.39 is 0 Å². The summed E-state index contributed by atoms with van der Waals surface area (Å²) in [6.07, 6.45) is 1.24. The van der Waals surface area contributed by atoms with Gasteiger partial charge in [0.05, 0.1) is 0 Å². The molecule has 15 heavy (non-hydrogen) atoms. The van der Waals surface area contributed by atoms with Crippen LogP contribution in [-0.2, 0) is 9.59 Å². The third-order valence-electron chi connectivity index (χ3n) is 1.90. The normalized spacial score (nSPS) is 11.9. The van der Waals surface area contributed by atoms with E-state index in [1.165, 1.54) is 0 Å². The minimum absolute atomic E-state index is 0.0318. The van der Waals surface area contributed by atoms with Crippen LogP contribution >= 0.6 is 11.6 Å². The summed E-state index contributed by atoms with van der Waals surface area (Å²) in [6.45, 7) is 4.80. The summed E-state index contributed by atoms with van der Waals surface area (Å²) in [4.78, 5) is 22.4. The van der Waals surface area contributed by atoms with Crippen LogP contribution in [0.3, 0.4) is 0 Å². The molecule has 0 aliphatic heterocycles. The first-order valence-corrected chi connectivity index (χ1v) is 5.75. The maximum atomic E-state index is 11.2. The molecule has 0 fully saturated rings. The van der Waals surface area contributed by atoms with Crippen molar-refractivity contribution >= 4 is 23.4 Å². The fraction of sp³-hybridized carbons (Fsp3) is 0.800. The predicted octanol–water partition coefficient (Wildman–Crippen LogP) is 0.894. The van der Waals surface area contributed by atoms with Gasteiger partial charge in [-0.15, -0.1) is 11.6 Å². The van der Waals surface area contributed by atoms with Gasteiger partial charge in [-0.1, -0.05) is 13.8 Å². The Morgan fingerprint density at radius 1 is 1.27 bits per heavy atom. The van der Waals surface area contributed by atoms with E-state index in [0.717, 1.165) is 6.42 Å². The lowest BCUT2D eigenvalue weighted by atomic mass is 10.2. The second-order valence-corrected chi connectivity index (χ2v) is 3.75. The fourth-order valence-electron chi connectivity index (χ4n) is 0.896. The van der Waals surface area contributed by atoms with E-state index in [1.54, 1.807) is 6.92 Å². The number of halogens is 1. The van der Waals surface area contributed by atoms with Crippen LogP contribution < -0.4 is 10.6 Å². The van der Waals surface area contributed by atoms with Gasteiger partial charge in [0.15, 0.2) is 0 Å². The van der Waals surface area contributed by atoms with E-state index in [9.17, 15) is 9.59 Å². The van der Waals surface area contributed by atoms with Gasteiger partial charge in [-0.2, -0.15) is 0 Å². The average molecular weight is 235 g/mol. The lowest BCUT2D eigenvalue weighted by Gasteiger charge is -2.08. The maximum absolute atomic E-state index is 11.2. The van der Waals surface area contributed by atoms with Crippen molar-refractivity contribution in [3.05, 3.63) is 0 Å². The molecule has 2 amide bonds. The van der Waals surface area contributed by atoms with Gasteiger partial charge >= 0.3 is 0 Å². The van der Waals surface area contributed by atoms with Crippen molar-refractivity contribution < 1.29 is 9.59 Å². The summed E-state index contributed by atoms with van der Waals surface area (Å²) in [6, 6.07) is 0. The van der Waals surface area contributed by atoms with Crippen molar-refractivity contribution in [3.63, 3.8) is 0 Å². The summed E-state index contributed by atoms with van der Waals surface area (Å²) in [5.41, 5.74) is 0. The van der Waals surface area contributed by atoms with E-state index in [4.69, 9.17) is 11.6 Å². The standard InChI is InChI=1S/C10H19ClN2O2/c1-3-5-12-9(14)4-6-13-10(15)8(2)7-11/h8H,3-7H2,1-2H3,(H,12,14)(H,13,15). The van der Waals surface area contributed by atoms with Gasteiger partial charge in [0.25, 0.3) is 0 Å². The lowest BCUT2D eigenvalue weighted by molar-refractivity contribution is -0.124. The van der Waals surface area contributed by atoms with E-state index >= 15 is 0 Å². The molecule has 1 unspecified atom stereocenters. The van der Waals surface area contributed by atoms with Gasteiger partial charge in [-0.05, 0) is 6.42 Å². The number of carbonyl (C=O) groups is 2. The summed E-state index contributed by atoms with van der Waals surface area (Å²) in [5.74, 6) is -0.0391. The molecule has 2 N–H and O–H groups in total. The summed E-state index contributed by atoms with van der Waals surface area (Å²) in [7, 11) is 0. The van der Waals surface area contributed by atoms with Crippen molar-refractivity contribution in [2.45, 2.75) is 26.7 Å². The van der Waals surface area contributed by atoms with Crippen LogP contribution in [0.15, 0.2) is 0 Å². The minimum Gasteiger partial charge on any atom is -0.356 e. The topological polar surface area (TPSA) is 58.2 Å². The third kappa shape index (κ3) is 7.19. The molecule has 88 valence electrons. The van der Waals surface area contributed by atoms with Gasteiger partial charge in [0.1, 0.15) is 0 Å². The van der Waals surface area contributed by atoms with Crippen LogP contribution in [0.25, 0.3) is 0 Å². The van der Waals surface area contributed by atoms with Crippen molar-refractivity contribution in [2.24, 2.45) is 5.92 Å². The molecule has 0 heterocycles. The highest BCUT2D eigenvalue weighted by atomic mass is 35.5. The highest BCUT2D eigenvalue weighted by molar-refractivity contribution is 6.19. The molecule has 0 aromatic carbocycles. The third-order valence-corrected chi connectivity index (χ3v) is 2.37. The predicted molar refractivity (Wildman–Crippen MR) is 60.8 cm³/mol. The SMILES string of the molecule is CCCNC(=O)CCNC(=O)C(C)CCl. The highest BCUT2D eigenvalue weighted by Gasteiger charge is 2.10. The van der Waals surface area contributed by atoms with Crippen LogP contribution in [0, 0.1) is 5.92 Å². The molecular formula is C10H19ClN2O2. The number of hydrogen-bond acceptors (Lipinski definition) is 2. The van der Waals surface area contributed by atoms with Gasteiger partial charge in [-0.3, -0.25) is 9.59 Å². The Kier molecular flexibility index (Phi) is 8.09. The zero-order valence-corrected chi connectivity index (χ0v) is 10.1. The largest absolute Gasteiger partial charge is 0.356 e. The Balaban J connectivity index is 3.52. The van der Waals surface area contributed by atoms with E-state index in [1.807, 2.05) is 6.92 Å². The molecule has 0 saturated heterocycles. The smallest absolute Gasteiger partial charge is 0.224 e. The second-order valence-electron chi connectivity index (χ2n) is 3.45. The van der Waals surface area contributed by atoms with Gasteiger partial charge in [0.2, 0.25) is 11.8 Å². The van der Waals surface area contributed by atoms with E-state index in [-0.39, 0.29) is 17.7 Å². The number of amides is 2. The minimum atomic E-state index is -0.203. The zero-order chi connectivity index (χ0) is 11.7. The molecule has 0 aromatic rings. The molecule has 1 atom stereocenters. The van der Waals surface area contributed by atoms with Crippen molar-refractivity contribution in [1.82, 2.24) is 10.6 Å². The first-order valence-electron chi connectivity index (χ1n) is 5.22. The summed E-state index contributed by atoms with van der Waals surface area (Å²) in [5, 5.41) is 5.39. The Hall–Kier alpha value is -0.770. The second kappa shape index (κ2) is 8.53. The fourth-order valence-corrected chi connectivity index (χ4v) is 1.04. The average Bonchev–Trinajstić information content (AvgIpc) is 2.24. The molecule has 0 radical (unpaired) electrons. The van der Waals surface area contributed by atoms with Crippen molar-refractivity contribution in [2.75, 3.05) is 19.0 Å². The Labute approximate surface area is 95.7 Å². The monoisotopic (exact) mass is 234 g/mol. The van der Waals surface area contributed by atoms with Gasteiger partial charge in [0, 0.05) is 31.3 Å². The Morgan fingerprint density at radius 3 is 2.47 bits per heavy atom. The molecule has 0 bridgehead atoms. The number of carbonyl (C=O) groups excluding carboxylic acids is 2. The molecule has 0 rings (SSSR count). The molecule has 0 aromatic heterocycles. The number of nitrogens with one attached hydrogen (secondary N) is 2. The van der Waals surface area contributed by atoms with Gasteiger partial charge < -0.3 is 10.6 Å². The van der Waals surface area contributed by atoms with Crippen LogP contribution in [0.5, 0.6) is 0 Å². The summed E-state index contributed by atoms with van der Waals surface area (Å²) >= 11 is 5.52. The molecule has 0 aliphatic rings. The lowest BCUT2D eigenvalue weighted by Crippen LogP contribution is -2.34. The molecule has 4 nitrogen and oxygen atoms in total. The van der Waals surface area contributed by atoms with Crippen molar-refractivity contribution in [3.8, 4) is 0 Å². The molecule has 5 heteroatoms. The molecular weight excluding hydrogens is 216 g/mol. The number of alkyl halides is 1. The molecule has 0 saturated carbocycles. The Morgan fingerprint density at radius 2 is 1.93 bits per heavy atom. The van der Waals surface area contributed by atoms with E-state index in [2.05, 4.69) is 10.6 Å². The highest BCUT2D eigenvalue weighted by Crippen LogP contribution is 1.96. The van der Waals surface area contributed by atoms with Crippen LogP contribution in [0.4, 0.5) is 0 Å². The first-order chi connectivity index (χ1) is 7.11. The number of rotatable bonds is 7. The van der Waals surface area contributed by atoms with Crippen molar-refractivity contribution in [1.29, 1.82) is 0 Å². The van der Waals surface area contributed by atoms with Gasteiger partial charge in [-0.25, -0.2) is 0 Å². The number of hydrogen-bond donors (Lipinski definition) is 2.